The van der Waals surface area contributed by atoms with Gasteiger partial charge in [0.15, 0.2) is 0 Å². The molecule has 1 aromatic heterocycles. The number of anilines is 1. The molecule has 2 aromatic rings. The number of benzene rings is 1. The van der Waals surface area contributed by atoms with Crippen molar-refractivity contribution in [2.45, 2.75) is 32.7 Å². The van der Waals surface area contributed by atoms with Crippen molar-refractivity contribution in [3.8, 4) is 0 Å². The van der Waals surface area contributed by atoms with Gasteiger partial charge in [-0.1, -0.05) is 37.3 Å². The predicted molar refractivity (Wildman–Crippen MR) is 97.2 cm³/mol. The van der Waals surface area contributed by atoms with Crippen LogP contribution in [0.15, 0.2) is 48.7 Å². The van der Waals surface area contributed by atoms with Crippen LogP contribution in [0, 0.1) is 5.92 Å². The first kappa shape index (κ1) is 16.5. The molecule has 24 heavy (non-hydrogen) atoms. The lowest BCUT2D eigenvalue weighted by molar-refractivity contribution is 0.0935. The van der Waals surface area contributed by atoms with Crippen LogP contribution in [0.2, 0.25) is 0 Å². The summed E-state index contributed by atoms with van der Waals surface area (Å²) in [6.07, 6.45) is 4.22. The number of rotatable bonds is 4. The third-order valence-electron chi connectivity index (χ3n) is 4.65. The summed E-state index contributed by atoms with van der Waals surface area (Å²) >= 11 is 0. The number of hydrogen-bond donors (Lipinski definition) is 1. The van der Waals surface area contributed by atoms with Crippen molar-refractivity contribution in [1.29, 1.82) is 0 Å². The largest absolute Gasteiger partial charge is 0.371 e. The summed E-state index contributed by atoms with van der Waals surface area (Å²) in [5, 5.41) is 3.03. The van der Waals surface area contributed by atoms with Crippen LogP contribution in [-0.4, -0.2) is 24.0 Å². The van der Waals surface area contributed by atoms with Crippen LogP contribution < -0.4 is 10.2 Å². The highest BCUT2D eigenvalue weighted by Crippen LogP contribution is 2.23. The molecular formula is C20H25N3O. The van der Waals surface area contributed by atoms with E-state index in [2.05, 4.69) is 22.1 Å². The highest BCUT2D eigenvalue weighted by molar-refractivity contribution is 5.93. The molecule has 3 rings (SSSR count). The standard InChI is InChI=1S/C20H25N3O/c1-15-7-6-12-23(14-15)18-10-11-21-19(13-18)20(24)22-16(2)17-8-4-3-5-9-17/h3-5,8-11,13,15-16H,6-7,12,14H2,1-2H3,(H,22,24). The number of piperidine rings is 1. The fourth-order valence-corrected chi connectivity index (χ4v) is 3.26. The molecule has 2 unspecified atom stereocenters. The van der Waals surface area contributed by atoms with E-state index in [1.165, 1.54) is 12.8 Å². The minimum Gasteiger partial charge on any atom is -0.371 e. The first-order chi connectivity index (χ1) is 11.6. The summed E-state index contributed by atoms with van der Waals surface area (Å²) in [5.41, 5.74) is 2.66. The van der Waals surface area contributed by atoms with Gasteiger partial charge in [0.25, 0.3) is 5.91 Å². The van der Waals surface area contributed by atoms with Gasteiger partial charge in [-0.15, -0.1) is 0 Å². The third-order valence-corrected chi connectivity index (χ3v) is 4.65. The zero-order valence-electron chi connectivity index (χ0n) is 14.4. The fraction of sp³-hybridized carbons (Fsp3) is 0.400. The number of amides is 1. The number of carbonyl (C=O) groups is 1. The van der Waals surface area contributed by atoms with E-state index >= 15 is 0 Å². The molecule has 1 aromatic carbocycles. The second-order valence-corrected chi connectivity index (χ2v) is 6.70. The monoisotopic (exact) mass is 323 g/mol. The Hall–Kier alpha value is -2.36. The van der Waals surface area contributed by atoms with Gasteiger partial charge in [0, 0.05) is 25.0 Å². The number of nitrogens with one attached hydrogen (secondary N) is 1. The Kier molecular flexibility index (Phi) is 5.14. The van der Waals surface area contributed by atoms with Gasteiger partial charge in [0.2, 0.25) is 0 Å². The van der Waals surface area contributed by atoms with Crippen LogP contribution in [0.1, 0.15) is 48.8 Å². The molecule has 126 valence electrons. The van der Waals surface area contributed by atoms with Crippen molar-refractivity contribution in [1.82, 2.24) is 10.3 Å². The Morgan fingerprint density at radius 3 is 2.83 bits per heavy atom. The van der Waals surface area contributed by atoms with Crippen LogP contribution >= 0.6 is 0 Å². The maximum absolute atomic E-state index is 12.5. The highest BCUT2D eigenvalue weighted by Gasteiger charge is 2.18. The van der Waals surface area contributed by atoms with Crippen LogP contribution in [-0.2, 0) is 0 Å². The van der Waals surface area contributed by atoms with Crippen molar-refractivity contribution in [2.24, 2.45) is 5.92 Å². The summed E-state index contributed by atoms with van der Waals surface area (Å²) in [6, 6.07) is 13.8. The number of carbonyl (C=O) groups excluding carboxylic acids is 1. The molecule has 1 N–H and O–H groups in total. The van der Waals surface area contributed by atoms with Crippen molar-refractivity contribution in [2.75, 3.05) is 18.0 Å². The van der Waals surface area contributed by atoms with E-state index in [4.69, 9.17) is 0 Å². The lowest BCUT2D eigenvalue weighted by Crippen LogP contribution is -2.34. The van der Waals surface area contributed by atoms with Gasteiger partial charge in [0.05, 0.1) is 6.04 Å². The zero-order chi connectivity index (χ0) is 16.9. The summed E-state index contributed by atoms with van der Waals surface area (Å²) < 4.78 is 0. The quantitative estimate of drug-likeness (QED) is 0.930. The summed E-state index contributed by atoms with van der Waals surface area (Å²) in [6.45, 7) is 6.37. The SMILES string of the molecule is CC1CCCN(c2ccnc(C(=O)NC(C)c3ccccc3)c2)C1. The van der Waals surface area contributed by atoms with Crippen LogP contribution in [0.3, 0.4) is 0 Å². The molecule has 1 aliphatic heterocycles. The molecule has 0 saturated carbocycles. The maximum Gasteiger partial charge on any atom is 0.270 e. The van der Waals surface area contributed by atoms with Gasteiger partial charge in [-0.05, 0) is 43.4 Å². The number of pyridine rings is 1. The predicted octanol–water partition coefficient (Wildman–Crippen LogP) is 3.81. The molecule has 4 nitrogen and oxygen atoms in total. The second-order valence-electron chi connectivity index (χ2n) is 6.70. The lowest BCUT2D eigenvalue weighted by Gasteiger charge is -2.32. The lowest BCUT2D eigenvalue weighted by atomic mass is 10.00. The first-order valence-corrected chi connectivity index (χ1v) is 8.70. The minimum atomic E-state index is -0.127. The number of nitrogens with zero attached hydrogens (tertiary/aromatic N) is 2. The van der Waals surface area contributed by atoms with Crippen molar-refractivity contribution in [3.05, 3.63) is 59.9 Å². The van der Waals surface area contributed by atoms with E-state index in [0.717, 1.165) is 24.3 Å². The van der Waals surface area contributed by atoms with Crippen LogP contribution in [0.5, 0.6) is 0 Å². The Balaban J connectivity index is 1.70. The summed E-state index contributed by atoms with van der Waals surface area (Å²) in [7, 11) is 0. The van der Waals surface area contributed by atoms with E-state index in [1.807, 2.05) is 49.4 Å². The molecule has 2 atom stereocenters. The molecule has 1 fully saturated rings. The van der Waals surface area contributed by atoms with Crippen LogP contribution in [0.25, 0.3) is 0 Å². The molecular weight excluding hydrogens is 298 g/mol. The Morgan fingerprint density at radius 1 is 1.29 bits per heavy atom. The average molecular weight is 323 g/mol. The van der Waals surface area contributed by atoms with Gasteiger partial charge in [-0.2, -0.15) is 0 Å². The van der Waals surface area contributed by atoms with E-state index in [9.17, 15) is 4.79 Å². The fourth-order valence-electron chi connectivity index (χ4n) is 3.26. The number of aromatic nitrogens is 1. The second kappa shape index (κ2) is 7.47. The van der Waals surface area contributed by atoms with Crippen LogP contribution in [0.4, 0.5) is 5.69 Å². The van der Waals surface area contributed by atoms with Gasteiger partial charge in [-0.3, -0.25) is 9.78 Å². The zero-order valence-corrected chi connectivity index (χ0v) is 14.4. The van der Waals surface area contributed by atoms with Crippen molar-refractivity contribution >= 4 is 11.6 Å². The Labute approximate surface area is 143 Å². The van der Waals surface area contributed by atoms with Crippen molar-refractivity contribution in [3.63, 3.8) is 0 Å². The molecule has 4 heteroatoms. The third kappa shape index (κ3) is 3.94. The molecule has 0 spiro atoms. The normalized spacial score (nSPS) is 18.9. The molecule has 0 bridgehead atoms. The van der Waals surface area contributed by atoms with E-state index in [1.54, 1.807) is 6.20 Å². The van der Waals surface area contributed by atoms with E-state index in [0.29, 0.717) is 11.6 Å². The highest BCUT2D eigenvalue weighted by atomic mass is 16.1. The summed E-state index contributed by atoms with van der Waals surface area (Å²) in [4.78, 5) is 19.2. The van der Waals surface area contributed by atoms with Gasteiger partial charge >= 0.3 is 0 Å². The Bertz CT molecular complexity index is 686. The topological polar surface area (TPSA) is 45.2 Å². The first-order valence-electron chi connectivity index (χ1n) is 8.70. The average Bonchev–Trinajstić information content (AvgIpc) is 2.62. The van der Waals surface area contributed by atoms with E-state index < -0.39 is 0 Å². The maximum atomic E-state index is 12.5. The molecule has 0 radical (unpaired) electrons. The molecule has 1 aliphatic rings. The summed E-state index contributed by atoms with van der Waals surface area (Å²) in [5.74, 6) is 0.570. The van der Waals surface area contributed by atoms with E-state index in [-0.39, 0.29) is 11.9 Å². The molecule has 1 saturated heterocycles. The Morgan fingerprint density at radius 2 is 2.08 bits per heavy atom. The van der Waals surface area contributed by atoms with Crippen molar-refractivity contribution < 1.29 is 4.79 Å². The van der Waals surface area contributed by atoms with Gasteiger partial charge in [-0.25, -0.2) is 0 Å². The molecule has 1 amide bonds. The molecule has 2 heterocycles. The number of hydrogen-bond acceptors (Lipinski definition) is 3. The minimum absolute atomic E-state index is 0.0424. The van der Waals surface area contributed by atoms with Gasteiger partial charge < -0.3 is 10.2 Å². The smallest absolute Gasteiger partial charge is 0.270 e. The van der Waals surface area contributed by atoms with Gasteiger partial charge in [0.1, 0.15) is 5.69 Å². The molecule has 0 aliphatic carbocycles.